The van der Waals surface area contributed by atoms with Crippen molar-refractivity contribution < 1.29 is 9.53 Å². The molecule has 138 valence electrons. The predicted octanol–water partition coefficient (Wildman–Crippen LogP) is 1.91. The minimum atomic E-state index is -0.563. The van der Waals surface area contributed by atoms with Crippen molar-refractivity contribution in [1.82, 2.24) is 9.80 Å². The van der Waals surface area contributed by atoms with E-state index in [9.17, 15) is 4.79 Å². The molecule has 2 aromatic carbocycles. The van der Waals surface area contributed by atoms with Gasteiger partial charge in [0.2, 0.25) is 5.91 Å². The monoisotopic (exact) mass is 353 g/mol. The van der Waals surface area contributed by atoms with Crippen LogP contribution >= 0.6 is 0 Å². The van der Waals surface area contributed by atoms with Crippen LogP contribution in [0, 0.1) is 0 Å². The number of hydrogen-bond donors (Lipinski definition) is 1. The molecule has 1 aliphatic heterocycles. The Morgan fingerprint density at radius 2 is 1.88 bits per heavy atom. The quantitative estimate of drug-likeness (QED) is 0.892. The number of carbonyl (C=O) groups excluding carboxylic acids is 1. The van der Waals surface area contributed by atoms with Crippen molar-refractivity contribution in [3.8, 4) is 5.75 Å². The van der Waals surface area contributed by atoms with E-state index in [1.165, 1.54) is 0 Å². The lowest BCUT2D eigenvalue weighted by Crippen LogP contribution is -2.53. The first-order valence-corrected chi connectivity index (χ1v) is 9.00. The van der Waals surface area contributed by atoms with Gasteiger partial charge in [-0.2, -0.15) is 0 Å². The highest BCUT2D eigenvalue weighted by Gasteiger charge is 2.31. The molecule has 26 heavy (non-hydrogen) atoms. The molecule has 0 aliphatic carbocycles. The van der Waals surface area contributed by atoms with Crippen molar-refractivity contribution in [3.63, 3.8) is 0 Å². The lowest BCUT2D eigenvalue weighted by molar-refractivity contribution is -0.136. The van der Waals surface area contributed by atoms with E-state index in [0.29, 0.717) is 19.6 Å². The molecule has 1 amide bonds. The number of rotatable bonds is 5. The fourth-order valence-electron chi connectivity index (χ4n) is 3.36. The van der Waals surface area contributed by atoms with Gasteiger partial charge in [-0.1, -0.05) is 48.5 Å². The summed E-state index contributed by atoms with van der Waals surface area (Å²) in [4.78, 5) is 17.1. The maximum Gasteiger partial charge on any atom is 0.240 e. The van der Waals surface area contributed by atoms with Crippen molar-refractivity contribution in [3.05, 3.63) is 65.7 Å². The molecule has 0 bridgehead atoms. The molecule has 0 spiro atoms. The molecule has 1 aliphatic rings. The zero-order chi connectivity index (χ0) is 18.5. The van der Waals surface area contributed by atoms with Gasteiger partial charge in [0, 0.05) is 18.7 Å². The Bertz CT molecular complexity index is 733. The fraction of sp³-hybridized carbons (Fsp3) is 0.381. The van der Waals surface area contributed by atoms with Crippen molar-refractivity contribution in [1.29, 1.82) is 0 Å². The van der Waals surface area contributed by atoms with Gasteiger partial charge in [0.05, 0.1) is 12.1 Å². The first kappa shape index (κ1) is 18.4. The van der Waals surface area contributed by atoms with Crippen LogP contribution in [-0.4, -0.2) is 55.0 Å². The van der Waals surface area contributed by atoms with Crippen LogP contribution in [0.15, 0.2) is 54.6 Å². The summed E-state index contributed by atoms with van der Waals surface area (Å²) >= 11 is 0. The highest BCUT2D eigenvalue weighted by molar-refractivity contribution is 5.82. The zero-order valence-corrected chi connectivity index (χ0v) is 15.5. The van der Waals surface area contributed by atoms with Crippen LogP contribution in [-0.2, 0) is 17.8 Å². The second kappa shape index (κ2) is 8.34. The third kappa shape index (κ3) is 4.42. The molecule has 0 saturated carbocycles. The maximum atomic E-state index is 13.2. The van der Waals surface area contributed by atoms with Gasteiger partial charge in [-0.3, -0.25) is 4.79 Å². The molecule has 0 aromatic heterocycles. The number of hydrogen-bond acceptors (Lipinski definition) is 4. The van der Waals surface area contributed by atoms with Crippen LogP contribution in [0.4, 0.5) is 0 Å². The third-order valence-electron chi connectivity index (χ3n) is 4.66. The van der Waals surface area contributed by atoms with Crippen LogP contribution in [0.25, 0.3) is 0 Å². The minimum Gasteiger partial charge on any atom is -0.491 e. The lowest BCUT2D eigenvalue weighted by Gasteiger charge is -2.33. The largest absolute Gasteiger partial charge is 0.491 e. The van der Waals surface area contributed by atoms with Crippen molar-refractivity contribution >= 4 is 5.91 Å². The SMILES string of the molecule is CN(C)CC1COc2ccccc2CN1C(=O)C(N)Cc1ccccc1. The average molecular weight is 353 g/mol. The Kier molecular flexibility index (Phi) is 5.91. The van der Waals surface area contributed by atoms with Crippen molar-refractivity contribution in [2.24, 2.45) is 5.73 Å². The molecule has 0 radical (unpaired) electrons. The molecule has 2 unspecified atom stereocenters. The van der Waals surface area contributed by atoms with Gasteiger partial charge >= 0.3 is 0 Å². The van der Waals surface area contributed by atoms with Crippen LogP contribution < -0.4 is 10.5 Å². The molecular formula is C21H27N3O2. The summed E-state index contributed by atoms with van der Waals surface area (Å²) in [5, 5.41) is 0. The van der Waals surface area contributed by atoms with Crippen LogP contribution in [0.1, 0.15) is 11.1 Å². The van der Waals surface area contributed by atoms with Gasteiger partial charge in [0.1, 0.15) is 12.4 Å². The predicted molar refractivity (Wildman–Crippen MR) is 103 cm³/mol. The molecule has 1 heterocycles. The summed E-state index contributed by atoms with van der Waals surface area (Å²) in [6.45, 7) is 1.73. The molecule has 2 aromatic rings. The molecule has 0 fully saturated rings. The second-order valence-electron chi connectivity index (χ2n) is 7.10. The third-order valence-corrected chi connectivity index (χ3v) is 4.66. The number of ether oxygens (including phenoxy) is 1. The standard InChI is InChI=1S/C21H27N3O2/c1-23(2)14-18-15-26-20-11-7-6-10-17(20)13-24(18)21(25)19(22)12-16-8-4-3-5-9-16/h3-11,18-19H,12-15,22H2,1-2H3. The molecule has 2 atom stereocenters. The van der Waals surface area contributed by atoms with Gasteiger partial charge in [0.15, 0.2) is 0 Å². The van der Waals surface area contributed by atoms with E-state index in [4.69, 9.17) is 10.5 Å². The van der Waals surface area contributed by atoms with E-state index in [-0.39, 0.29) is 11.9 Å². The van der Waals surface area contributed by atoms with Crippen molar-refractivity contribution in [2.75, 3.05) is 27.2 Å². The number of amides is 1. The summed E-state index contributed by atoms with van der Waals surface area (Å²) in [5.74, 6) is 0.823. The molecule has 5 nitrogen and oxygen atoms in total. The topological polar surface area (TPSA) is 58.8 Å². The molecule has 5 heteroatoms. The fourth-order valence-corrected chi connectivity index (χ4v) is 3.36. The highest BCUT2D eigenvalue weighted by atomic mass is 16.5. The Morgan fingerprint density at radius 3 is 2.62 bits per heavy atom. The average Bonchev–Trinajstić information content (AvgIpc) is 2.81. The Hall–Kier alpha value is -2.37. The first-order valence-electron chi connectivity index (χ1n) is 9.00. The molecule has 3 rings (SSSR count). The van der Waals surface area contributed by atoms with Gasteiger partial charge in [-0.25, -0.2) is 0 Å². The summed E-state index contributed by atoms with van der Waals surface area (Å²) < 4.78 is 5.98. The van der Waals surface area contributed by atoms with Gasteiger partial charge in [-0.05, 0) is 32.1 Å². The van der Waals surface area contributed by atoms with Crippen LogP contribution in [0.3, 0.4) is 0 Å². The Balaban J connectivity index is 1.81. The van der Waals surface area contributed by atoms with Crippen LogP contribution in [0.5, 0.6) is 5.75 Å². The van der Waals surface area contributed by atoms with Gasteiger partial charge < -0.3 is 20.3 Å². The molecule has 0 saturated heterocycles. The summed E-state index contributed by atoms with van der Waals surface area (Å²) in [5.41, 5.74) is 8.39. The number of fused-ring (bicyclic) bond motifs is 1. The molecule has 2 N–H and O–H groups in total. The van der Waals surface area contributed by atoms with E-state index < -0.39 is 6.04 Å². The van der Waals surface area contributed by atoms with E-state index in [1.807, 2.05) is 73.6 Å². The lowest BCUT2D eigenvalue weighted by atomic mass is 10.0. The first-order chi connectivity index (χ1) is 12.5. The van der Waals surface area contributed by atoms with E-state index in [0.717, 1.165) is 23.4 Å². The van der Waals surface area contributed by atoms with Crippen molar-refractivity contribution in [2.45, 2.75) is 25.0 Å². The number of carbonyl (C=O) groups is 1. The Labute approximate surface area is 155 Å². The Morgan fingerprint density at radius 1 is 1.19 bits per heavy atom. The highest BCUT2D eigenvalue weighted by Crippen LogP contribution is 2.25. The molecular weight excluding hydrogens is 326 g/mol. The maximum absolute atomic E-state index is 13.2. The summed E-state index contributed by atoms with van der Waals surface area (Å²) in [6, 6.07) is 17.2. The van der Waals surface area contributed by atoms with Gasteiger partial charge in [0.25, 0.3) is 0 Å². The zero-order valence-electron chi connectivity index (χ0n) is 15.5. The van der Waals surface area contributed by atoms with Crippen LogP contribution in [0.2, 0.25) is 0 Å². The minimum absolute atomic E-state index is 0.0268. The number of nitrogens with two attached hydrogens (primary N) is 1. The smallest absolute Gasteiger partial charge is 0.240 e. The number of likely N-dealkylation sites (N-methyl/N-ethyl adjacent to an activating group) is 1. The number of benzene rings is 2. The second-order valence-corrected chi connectivity index (χ2v) is 7.10. The van der Waals surface area contributed by atoms with E-state index >= 15 is 0 Å². The number of para-hydroxylation sites is 1. The van der Waals surface area contributed by atoms with E-state index in [2.05, 4.69) is 4.90 Å². The van der Waals surface area contributed by atoms with Gasteiger partial charge in [-0.15, -0.1) is 0 Å². The van der Waals surface area contributed by atoms with E-state index in [1.54, 1.807) is 0 Å². The summed E-state index contributed by atoms with van der Waals surface area (Å²) in [7, 11) is 4.01. The summed E-state index contributed by atoms with van der Waals surface area (Å²) in [6.07, 6.45) is 0.535. The normalized spacial score (nSPS) is 18.0. The number of nitrogens with zero attached hydrogens (tertiary/aromatic N) is 2.